The van der Waals surface area contributed by atoms with Gasteiger partial charge in [-0.25, -0.2) is 4.79 Å². The topological polar surface area (TPSA) is 90.5 Å². The second-order valence-electron chi connectivity index (χ2n) is 6.39. The fourth-order valence-electron chi connectivity index (χ4n) is 3.65. The highest BCUT2D eigenvalue weighted by Crippen LogP contribution is 2.34. The van der Waals surface area contributed by atoms with Gasteiger partial charge >= 0.3 is 5.97 Å². The molecule has 0 spiro atoms. The zero-order chi connectivity index (χ0) is 18.4. The molecule has 0 bridgehead atoms. The summed E-state index contributed by atoms with van der Waals surface area (Å²) in [6.07, 6.45) is 1.74. The summed E-state index contributed by atoms with van der Waals surface area (Å²) in [7, 11) is 0. The molecule has 0 saturated heterocycles. The lowest BCUT2D eigenvalue weighted by Gasteiger charge is -2.27. The maximum absolute atomic E-state index is 12.7. The van der Waals surface area contributed by atoms with Gasteiger partial charge in [0.25, 0.3) is 11.8 Å². The van der Waals surface area contributed by atoms with Crippen molar-refractivity contribution in [1.29, 1.82) is 0 Å². The fraction of sp³-hybridized carbons (Fsp3) is 0.150. The van der Waals surface area contributed by atoms with E-state index in [4.69, 9.17) is 0 Å². The molecule has 6 heteroatoms. The molecule has 2 atom stereocenters. The van der Waals surface area contributed by atoms with Crippen molar-refractivity contribution in [3.8, 4) is 0 Å². The van der Waals surface area contributed by atoms with Crippen molar-refractivity contribution < 1.29 is 19.5 Å². The number of fused-ring (bicyclic) bond motifs is 2. The molecule has 0 saturated carbocycles. The Morgan fingerprint density at radius 2 is 1.58 bits per heavy atom. The van der Waals surface area contributed by atoms with Crippen LogP contribution in [0.3, 0.4) is 0 Å². The third-order valence-corrected chi connectivity index (χ3v) is 4.94. The summed E-state index contributed by atoms with van der Waals surface area (Å²) >= 11 is 0. The minimum Gasteiger partial charge on any atom is -0.480 e. The van der Waals surface area contributed by atoms with Crippen LogP contribution in [0.25, 0.3) is 10.9 Å². The Morgan fingerprint density at radius 3 is 2.19 bits per heavy atom. The van der Waals surface area contributed by atoms with Crippen molar-refractivity contribution >= 4 is 28.7 Å². The van der Waals surface area contributed by atoms with E-state index in [2.05, 4.69) is 4.98 Å². The average Bonchev–Trinajstić information content (AvgIpc) is 3.17. The summed E-state index contributed by atoms with van der Waals surface area (Å²) in [5.74, 6) is -2.92. The van der Waals surface area contributed by atoms with Crippen LogP contribution in [-0.2, 0) is 4.79 Å². The minimum absolute atomic E-state index is 0.245. The number of aromatic amines is 1. The summed E-state index contributed by atoms with van der Waals surface area (Å²) in [6, 6.07) is 12.6. The summed E-state index contributed by atoms with van der Waals surface area (Å²) in [5, 5.41) is 10.7. The van der Waals surface area contributed by atoms with Gasteiger partial charge in [0, 0.05) is 23.0 Å². The predicted molar refractivity (Wildman–Crippen MR) is 95.1 cm³/mol. The maximum Gasteiger partial charge on any atom is 0.327 e. The first kappa shape index (κ1) is 16.1. The standard InChI is InChI=1S/C20H16N2O4/c1-11(15-10-21-16-9-5-4-6-12(15)16)17(20(25)26)22-18(23)13-7-2-3-8-14(13)19(22)24/h2-11,17,21H,1H3,(H,25,26)/t11?,17-/m1/s1. The Labute approximate surface area is 149 Å². The van der Waals surface area contributed by atoms with Crippen LogP contribution in [0, 0.1) is 0 Å². The quantitative estimate of drug-likeness (QED) is 0.709. The molecule has 2 N–H and O–H groups in total. The number of para-hydroxylation sites is 1. The average molecular weight is 348 g/mol. The molecule has 3 aromatic rings. The van der Waals surface area contributed by atoms with E-state index in [-0.39, 0.29) is 11.1 Å². The molecule has 0 radical (unpaired) electrons. The number of carbonyl (C=O) groups is 3. The lowest BCUT2D eigenvalue weighted by atomic mass is 9.91. The number of nitrogens with one attached hydrogen (secondary N) is 1. The molecule has 6 nitrogen and oxygen atoms in total. The number of hydrogen-bond donors (Lipinski definition) is 2. The molecule has 1 aromatic heterocycles. The molecular weight excluding hydrogens is 332 g/mol. The molecule has 2 heterocycles. The molecule has 0 aliphatic carbocycles. The van der Waals surface area contributed by atoms with Crippen LogP contribution >= 0.6 is 0 Å². The Hall–Kier alpha value is -3.41. The van der Waals surface area contributed by atoms with Gasteiger partial charge in [-0.2, -0.15) is 0 Å². The van der Waals surface area contributed by atoms with Crippen LogP contribution in [0.2, 0.25) is 0 Å². The SMILES string of the molecule is CC(c1c[nH]c2ccccc12)[C@H](C(=O)O)N1C(=O)c2ccccc2C1=O. The van der Waals surface area contributed by atoms with E-state index in [1.54, 1.807) is 37.4 Å². The number of nitrogens with zero attached hydrogens (tertiary/aromatic N) is 1. The van der Waals surface area contributed by atoms with Crippen molar-refractivity contribution in [3.05, 3.63) is 71.4 Å². The Balaban J connectivity index is 1.79. The van der Waals surface area contributed by atoms with Crippen LogP contribution in [0.1, 0.15) is 39.1 Å². The van der Waals surface area contributed by atoms with E-state index in [1.807, 2.05) is 24.3 Å². The van der Waals surface area contributed by atoms with Gasteiger partial charge in [0.05, 0.1) is 11.1 Å². The van der Waals surface area contributed by atoms with Gasteiger partial charge in [-0.15, -0.1) is 0 Å². The second kappa shape index (κ2) is 5.84. The second-order valence-corrected chi connectivity index (χ2v) is 6.39. The van der Waals surface area contributed by atoms with E-state index in [0.29, 0.717) is 0 Å². The molecule has 2 amide bonds. The molecule has 1 aliphatic rings. The maximum atomic E-state index is 12.7. The summed E-state index contributed by atoms with van der Waals surface area (Å²) in [4.78, 5) is 41.5. The summed E-state index contributed by atoms with van der Waals surface area (Å²) in [5.41, 5.74) is 2.12. The van der Waals surface area contributed by atoms with Crippen molar-refractivity contribution in [2.75, 3.05) is 0 Å². The number of benzene rings is 2. The molecule has 0 fully saturated rings. The predicted octanol–water partition coefficient (Wildman–Crippen LogP) is 3.02. The summed E-state index contributed by atoms with van der Waals surface area (Å²) < 4.78 is 0. The largest absolute Gasteiger partial charge is 0.480 e. The molecule has 26 heavy (non-hydrogen) atoms. The molecule has 1 aliphatic heterocycles. The number of carboxylic acids is 1. The smallest absolute Gasteiger partial charge is 0.327 e. The lowest BCUT2D eigenvalue weighted by molar-refractivity contribution is -0.142. The van der Waals surface area contributed by atoms with E-state index in [9.17, 15) is 19.5 Å². The van der Waals surface area contributed by atoms with E-state index in [1.165, 1.54) is 0 Å². The molecule has 4 rings (SSSR count). The highest BCUT2D eigenvalue weighted by atomic mass is 16.4. The Kier molecular flexibility index (Phi) is 3.61. The number of rotatable bonds is 4. The number of hydrogen-bond acceptors (Lipinski definition) is 3. The fourth-order valence-corrected chi connectivity index (χ4v) is 3.65. The van der Waals surface area contributed by atoms with Gasteiger partial charge in [-0.1, -0.05) is 37.3 Å². The highest BCUT2D eigenvalue weighted by Gasteiger charge is 2.45. The normalized spacial score (nSPS) is 16.0. The zero-order valence-corrected chi connectivity index (χ0v) is 14.0. The summed E-state index contributed by atoms with van der Waals surface area (Å²) in [6.45, 7) is 1.72. The third-order valence-electron chi connectivity index (χ3n) is 4.94. The van der Waals surface area contributed by atoms with Gasteiger partial charge < -0.3 is 10.1 Å². The first-order valence-electron chi connectivity index (χ1n) is 8.26. The van der Waals surface area contributed by atoms with E-state index < -0.39 is 29.7 Å². The van der Waals surface area contributed by atoms with Gasteiger partial charge in [-0.05, 0) is 23.8 Å². The van der Waals surface area contributed by atoms with Gasteiger partial charge in [0.2, 0.25) is 0 Å². The minimum atomic E-state index is -1.29. The zero-order valence-electron chi connectivity index (χ0n) is 14.0. The number of H-pyrrole nitrogens is 1. The lowest BCUT2D eigenvalue weighted by Crippen LogP contribution is -2.47. The van der Waals surface area contributed by atoms with E-state index >= 15 is 0 Å². The number of aromatic nitrogens is 1. The molecule has 2 aromatic carbocycles. The van der Waals surface area contributed by atoms with Gasteiger partial charge in [0.15, 0.2) is 0 Å². The van der Waals surface area contributed by atoms with Gasteiger partial charge in [0.1, 0.15) is 6.04 Å². The van der Waals surface area contributed by atoms with Crippen molar-refractivity contribution in [3.63, 3.8) is 0 Å². The number of aliphatic carboxylic acids is 1. The van der Waals surface area contributed by atoms with Crippen LogP contribution in [0.4, 0.5) is 0 Å². The molecule has 130 valence electrons. The monoisotopic (exact) mass is 348 g/mol. The first-order valence-corrected chi connectivity index (χ1v) is 8.26. The molecular formula is C20H16N2O4. The first-order chi connectivity index (χ1) is 12.5. The van der Waals surface area contributed by atoms with Crippen LogP contribution in [0.15, 0.2) is 54.7 Å². The Morgan fingerprint density at radius 1 is 1.00 bits per heavy atom. The number of amides is 2. The number of carboxylic acid groups (broad SMARTS) is 1. The molecule has 1 unspecified atom stereocenters. The van der Waals surface area contributed by atoms with E-state index in [0.717, 1.165) is 21.4 Å². The number of carbonyl (C=O) groups excluding carboxylic acids is 2. The van der Waals surface area contributed by atoms with Crippen LogP contribution in [0.5, 0.6) is 0 Å². The third kappa shape index (κ3) is 2.23. The highest BCUT2D eigenvalue weighted by molar-refractivity contribution is 6.22. The van der Waals surface area contributed by atoms with Crippen LogP contribution in [-0.4, -0.2) is 38.8 Å². The van der Waals surface area contributed by atoms with Crippen molar-refractivity contribution in [1.82, 2.24) is 9.88 Å². The van der Waals surface area contributed by atoms with Crippen molar-refractivity contribution in [2.24, 2.45) is 0 Å². The number of imide groups is 1. The van der Waals surface area contributed by atoms with Gasteiger partial charge in [-0.3, -0.25) is 14.5 Å². The Bertz CT molecular complexity index is 1020. The van der Waals surface area contributed by atoms with Crippen molar-refractivity contribution in [2.45, 2.75) is 18.9 Å². The van der Waals surface area contributed by atoms with Crippen LogP contribution < -0.4 is 0 Å².